The van der Waals surface area contributed by atoms with Crippen LogP contribution in [0.5, 0.6) is 0 Å². The summed E-state index contributed by atoms with van der Waals surface area (Å²) >= 11 is 3.17. The lowest BCUT2D eigenvalue weighted by molar-refractivity contribution is -0.125. The summed E-state index contributed by atoms with van der Waals surface area (Å²) in [6.07, 6.45) is 1.78. The molecule has 1 amide bonds. The van der Waals surface area contributed by atoms with E-state index in [2.05, 4.69) is 26.4 Å². The Hall–Kier alpha value is -1.63. The average Bonchev–Trinajstić information content (AvgIpc) is 2.32. The van der Waals surface area contributed by atoms with Crippen molar-refractivity contribution in [3.05, 3.63) is 28.5 Å². The second kappa shape index (κ2) is 5.16. The molecule has 1 saturated carbocycles. The van der Waals surface area contributed by atoms with E-state index in [1.165, 1.54) is 12.1 Å². The summed E-state index contributed by atoms with van der Waals surface area (Å²) in [5.74, 6) is -1.14. The van der Waals surface area contributed by atoms with Crippen LogP contribution in [0.2, 0.25) is 0 Å². The van der Waals surface area contributed by atoms with Crippen molar-refractivity contribution >= 4 is 33.4 Å². The van der Waals surface area contributed by atoms with Gasteiger partial charge < -0.3 is 16.3 Å². The number of benzene rings is 1. The second-order valence-electron chi connectivity index (χ2n) is 4.47. The standard InChI is InChI=1S/C12H13BrFN3O2/c13-7-3-1-4-8(14)9(7)16-11(18)12(5-2-6-12)10(15)17-19/h1,3-4,19H,2,5-6H2,(H2,15,17)(H,16,18). The summed E-state index contributed by atoms with van der Waals surface area (Å²) in [4.78, 5) is 12.3. The number of nitrogens with one attached hydrogen (secondary N) is 1. The Kier molecular flexibility index (Phi) is 3.75. The molecule has 1 fully saturated rings. The van der Waals surface area contributed by atoms with Crippen LogP contribution in [0, 0.1) is 11.2 Å². The van der Waals surface area contributed by atoms with E-state index in [0.717, 1.165) is 6.42 Å². The van der Waals surface area contributed by atoms with Crippen molar-refractivity contribution in [2.75, 3.05) is 5.32 Å². The van der Waals surface area contributed by atoms with Crippen molar-refractivity contribution in [3.63, 3.8) is 0 Å². The van der Waals surface area contributed by atoms with E-state index in [9.17, 15) is 9.18 Å². The average molecular weight is 330 g/mol. The van der Waals surface area contributed by atoms with E-state index in [0.29, 0.717) is 17.3 Å². The molecule has 0 spiro atoms. The zero-order valence-electron chi connectivity index (χ0n) is 9.99. The van der Waals surface area contributed by atoms with Crippen molar-refractivity contribution in [1.82, 2.24) is 0 Å². The van der Waals surface area contributed by atoms with Crippen molar-refractivity contribution in [2.45, 2.75) is 19.3 Å². The normalized spacial score (nSPS) is 17.7. The molecule has 2 rings (SSSR count). The maximum Gasteiger partial charge on any atom is 0.238 e. The van der Waals surface area contributed by atoms with E-state index >= 15 is 0 Å². The first kappa shape index (κ1) is 13.8. The Labute approximate surface area is 117 Å². The van der Waals surface area contributed by atoms with Crippen LogP contribution in [-0.4, -0.2) is 17.0 Å². The molecule has 0 aromatic heterocycles. The number of nitrogens with zero attached hydrogens (tertiary/aromatic N) is 1. The summed E-state index contributed by atoms with van der Waals surface area (Å²) in [5, 5.41) is 14.2. The van der Waals surface area contributed by atoms with Crippen molar-refractivity contribution < 1.29 is 14.4 Å². The minimum atomic E-state index is -1.03. The first-order valence-corrected chi connectivity index (χ1v) is 6.54. The fraction of sp³-hybridized carbons (Fsp3) is 0.333. The first-order valence-electron chi connectivity index (χ1n) is 5.75. The highest BCUT2D eigenvalue weighted by Gasteiger charge is 2.48. The molecule has 5 nitrogen and oxygen atoms in total. The van der Waals surface area contributed by atoms with Gasteiger partial charge in [0.05, 0.1) is 5.69 Å². The van der Waals surface area contributed by atoms with E-state index < -0.39 is 17.1 Å². The molecular formula is C12H13BrFN3O2. The number of halogens is 2. The number of hydrogen-bond donors (Lipinski definition) is 3. The maximum absolute atomic E-state index is 13.6. The number of amides is 1. The summed E-state index contributed by atoms with van der Waals surface area (Å²) in [6.45, 7) is 0. The molecule has 0 heterocycles. The SMILES string of the molecule is N/C(=N/O)C1(C(=O)Nc2c(F)cccc2Br)CCC1. The Balaban J connectivity index is 2.26. The van der Waals surface area contributed by atoms with E-state index in [-0.39, 0.29) is 11.5 Å². The molecule has 102 valence electrons. The summed E-state index contributed by atoms with van der Waals surface area (Å²) in [6, 6.07) is 4.39. The van der Waals surface area contributed by atoms with Gasteiger partial charge in [-0.1, -0.05) is 17.6 Å². The van der Waals surface area contributed by atoms with Crippen LogP contribution >= 0.6 is 15.9 Å². The fourth-order valence-electron chi connectivity index (χ4n) is 2.08. The zero-order chi connectivity index (χ0) is 14.0. The van der Waals surface area contributed by atoms with Gasteiger partial charge in [0.25, 0.3) is 0 Å². The van der Waals surface area contributed by atoms with Crippen LogP contribution < -0.4 is 11.1 Å². The lowest BCUT2D eigenvalue weighted by Crippen LogP contribution is -2.51. The van der Waals surface area contributed by atoms with Crippen molar-refractivity contribution in [1.29, 1.82) is 0 Å². The minimum Gasteiger partial charge on any atom is -0.409 e. The van der Waals surface area contributed by atoms with Crippen LogP contribution in [0.4, 0.5) is 10.1 Å². The number of anilines is 1. The van der Waals surface area contributed by atoms with Crippen molar-refractivity contribution in [2.24, 2.45) is 16.3 Å². The van der Waals surface area contributed by atoms with Gasteiger partial charge in [0.15, 0.2) is 5.84 Å². The lowest BCUT2D eigenvalue weighted by atomic mass is 9.67. The monoisotopic (exact) mass is 329 g/mol. The van der Waals surface area contributed by atoms with Gasteiger partial charge in [0.1, 0.15) is 11.2 Å². The van der Waals surface area contributed by atoms with E-state index in [4.69, 9.17) is 10.9 Å². The highest BCUT2D eigenvalue weighted by molar-refractivity contribution is 9.10. The Bertz CT molecular complexity index is 524. The third-order valence-corrected chi connectivity index (χ3v) is 4.10. The number of para-hydroxylation sites is 1. The number of amidine groups is 1. The van der Waals surface area contributed by atoms with Gasteiger partial charge in [0, 0.05) is 4.47 Å². The third kappa shape index (κ3) is 2.30. The Morgan fingerprint density at radius 2 is 2.21 bits per heavy atom. The number of carbonyl (C=O) groups is 1. The maximum atomic E-state index is 13.6. The van der Waals surface area contributed by atoms with Gasteiger partial charge >= 0.3 is 0 Å². The quantitative estimate of drug-likeness (QED) is 0.344. The van der Waals surface area contributed by atoms with Gasteiger partial charge in [-0.3, -0.25) is 4.79 Å². The topological polar surface area (TPSA) is 87.7 Å². The minimum absolute atomic E-state index is 0.0597. The molecule has 1 aromatic rings. The highest BCUT2D eigenvalue weighted by Crippen LogP contribution is 2.42. The van der Waals surface area contributed by atoms with E-state index in [1.807, 2.05) is 0 Å². The smallest absolute Gasteiger partial charge is 0.238 e. The van der Waals surface area contributed by atoms with Crippen LogP contribution in [0.25, 0.3) is 0 Å². The molecule has 1 aromatic carbocycles. The summed E-state index contributed by atoms with van der Waals surface area (Å²) in [5.41, 5.74) is 4.61. The summed E-state index contributed by atoms with van der Waals surface area (Å²) in [7, 11) is 0. The summed E-state index contributed by atoms with van der Waals surface area (Å²) < 4.78 is 14.1. The number of carbonyl (C=O) groups excluding carboxylic acids is 1. The molecule has 1 aliphatic rings. The molecule has 0 aliphatic heterocycles. The molecule has 19 heavy (non-hydrogen) atoms. The predicted molar refractivity (Wildman–Crippen MR) is 72.4 cm³/mol. The highest BCUT2D eigenvalue weighted by atomic mass is 79.9. The molecule has 0 radical (unpaired) electrons. The third-order valence-electron chi connectivity index (χ3n) is 3.44. The molecule has 7 heteroatoms. The van der Waals surface area contributed by atoms with Crippen LogP contribution in [0.1, 0.15) is 19.3 Å². The number of rotatable bonds is 3. The zero-order valence-corrected chi connectivity index (χ0v) is 11.6. The molecule has 0 bridgehead atoms. The van der Waals surface area contributed by atoms with Gasteiger partial charge in [0.2, 0.25) is 5.91 Å². The van der Waals surface area contributed by atoms with Crippen molar-refractivity contribution in [3.8, 4) is 0 Å². The molecule has 4 N–H and O–H groups in total. The first-order chi connectivity index (χ1) is 9.01. The molecule has 0 atom stereocenters. The largest absolute Gasteiger partial charge is 0.409 e. The lowest BCUT2D eigenvalue weighted by Gasteiger charge is -2.38. The Morgan fingerprint density at radius 1 is 1.53 bits per heavy atom. The van der Waals surface area contributed by atoms with Crippen LogP contribution in [-0.2, 0) is 4.79 Å². The second-order valence-corrected chi connectivity index (χ2v) is 5.33. The molecule has 1 aliphatic carbocycles. The molecule has 0 unspecified atom stereocenters. The van der Waals surface area contributed by atoms with Gasteiger partial charge in [-0.2, -0.15) is 0 Å². The Morgan fingerprint density at radius 3 is 2.68 bits per heavy atom. The predicted octanol–water partition coefficient (Wildman–Crippen LogP) is 2.44. The van der Waals surface area contributed by atoms with E-state index in [1.54, 1.807) is 6.07 Å². The van der Waals surface area contributed by atoms with Gasteiger partial charge in [-0.25, -0.2) is 4.39 Å². The number of hydrogen-bond acceptors (Lipinski definition) is 3. The van der Waals surface area contributed by atoms with Gasteiger partial charge in [-0.15, -0.1) is 0 Å². The molecule has 0 saturated heterocycles. The van der Waals surface area contributed by atoms with Crippen LogP contribution in [0.15, 0.2) is 27.8 Å². The number of oxime groups is 1. The van der Waals surface area contributed by atoms with Crippen LogP contribution in [0.3, 0.4) is 0 Å². The van der Waals surface area contributed by atoms with Gasteiger partial charge in [-0.05, 0) is 40.9 Å². The number of nitrogens with two attached hydrogens (primary N) is 1. The fourth-order valence-corrected chi connectivity index (χ4v) is 2.52. The molecular weight excluding hydrogens is 317 g/mol.